The molecule has 1 unspecified atom stereocenters. The van der Waals surface area contributed by atoms with Crippen molar-refractivity contribution in [3.05, 3.63) is 29.8 Å². The summed E-state index contributed by atoms with van der Waals surface area (Å²) in [7, 11) is 0. The Balaban J connectivity index is 2.06. The predicted molar refractivity (Wildman–Crippen MR) is 68.8 cm³/mol. The van der Waals surface area contributed by atoms with E-state index in [9.17, 15) is 0 Å². The average molecular weight is 237 g/mol. The molecule has 2 N–H and O–H groups in total. The average Bonchev–Trinajstić information content (AvgIpc) is 2.52. The van der Waals surface area contributed by atoms with Crippen LogP contribution in [-0.2, 0) is 0 Å². The van der Waals surface area contributed by atoms with Gasteiger partial charge in [0.2, 0.25) is 0 Å². The minimum Gasteiger partial charge on any atom is -0.396 e. The molecule has 0 aromatic heterocycles. The highest BCUT2D eigenvalue weighted by Gasteiger charge is 2.17. The number of nitrogens with one attached hydrogen (secondary N) is 1. The molecule has 88 valence electrons. The monoisotopic (exact) mass is 237 g/mol. The number of benzene rings is 1. The van der Waals surface area contributed by atoms with Gasteiger partial charge in [0, 0.05) is 17.5 Å². The van der Waals surface area contributed by atoms with E-state index < -0.39 is 0 Å². The van der Waals surface area contributed by atoms with Gasteiger partial charge in [-0.15, -0.1) is 11.8 Å². The summed E-state index contributed by atoms with van der Waals surface area (Å²) in [4.78, 5) is 1.42. The third-order valence-corrected chi connectivity index (χ3v) is 4.09. The highest BCUT2D eigenvalue weighted by atomic mass is 32.2. The second kappa shape index (κ2) is 6.28. The van der Waals surface area contributed by atoms with Crippen LogP contribution >= 0.6 is 11.8 Å². The van der Waals surface area contributed by atoms with Gasteiger partial charge in [-0.3, -0.25) is 0 Å². The normalized spacial score (nSPS) is 20.2. The second-order valence-corrected chi connectivity index (χ2v) is 5.25. The Hall–Kier alpha value is -0.510. The van der Waals surface area contributed by atoms with Crippen molar-refractivity contribution in [3.8, 4) is 0 Å². The third-order valence-electron chi connectivity index (χ3n) is 2.91. The van der Waals surface area contributed by atoms with Crippen LogP contribution in [0.4, 0.5) is 0 Å². The van der Waals surface area contributed by atoms with E-state index in [0.717, 1.165) is 13.0 Å². The van der Waals surface area contributed by atoms with Crippen LogP contribution in [0.5, 0.6) is 0 Å². The first-order chi connectivity index (χ1) is 7.92. The summed E-state index contributed by atoms with van der Waals surface area (Å²) in [6, 6.07) is 9.14. The Morgan fingerprint density at radius 2 is 2.25 bits per heavy atom. The first kappa shape index (κ1) is 12.0. The van der Waals surface area contributed by atoms with Crippen molar-refractivity contribution in [2.45, 2.75) is 30.2 Å². The van der Waals surface area contributed by atoms with Crippen molar-refractivity contribution in [1.29, 1.82) is 0 Å². The van der Waals surface area contributed by atoms with E-state index in [1.807, 2.05) is 11.8 Å². The fourth-order valence-corrected chi connectivity index (χ4v) is 3.17. The molecule has 1 aromatic rings. The zero-order chi connectivity index (χ0) is 11.2. The summed E-state index contributed by atoms with van der Waals surface area (Å²) < 4.78 is 0. The molecule has 0 radical (unpaired) electrons. The van der Waals surface area contributed by atoms with Gasteiger partial charge in [0.25, 0.3) is 0 Å². The summed E-state index contributed by atoms with van der Waals surface area (Å²) >= 11 is 1.96. The molecule has 0 amide bonds. The van der Waals surface area contributed by atoms with Gasteiger partial charge in [0.1, 0.15) is 0 Å². The summed E-state index contributed by atoms with van der Waals surface area (Å²) in [6.07, 6.45) is 3.30. The number of aliphatic hydroxyl groups is 1. The zero-order valence-electron chi connectivity index (χ0n) is 9.48. The minimum absolute atomic E-state index is 0.274. The van der Waals surface area contributed by atoms with E-state index in [4.69, 9.17) is 5.11 Å². The lowest BCUT2D eigenvalue weighted by Gasteiger charge is -2.18. The topological polar surface area (TPSA) is 32.3 Å². The van der Waals surface area contributed by atoms with Crippen molar-refractivity contribution in [3.63, 3.8) is 0 Å². The molecule has 0 fully saturated rings. The predicted octanol–water partition coefficient (Wildman–Crippen LogP) is 2.59. The van der Waals surface area contributed by atoms with Gasteiger partial charge in [0.05, 0.1) is 0 Å². The smallest absolute Gasteiger partial charge is 0.0443 e. The zero-order valence-corrected chi connectivity index (χ0v) is 10.3. The van der Waals surface area contributed by atoms with Crippen LogP contribution in [0.3, 0.4) is 0 Å². The number of hydrogen-bond donors (Lipinski definition) is 2. The number of rotatable bonds is 4. The molecule has 0 spiro atoms. The molecule has 16 heavy (non-hydrogen) atoms. The SMILES string of the molecule is OCCCNC1CCCSc2ccccc21. The largest absolute Gasteiger partial charge is 0.396 e. The molecule has 0 saturated heterocycles. The lowest BCUT2D eigenvalue weighted by molar-refractivity contribution is 0.282. The molecular formula is C13H19NOS. The van der Waals surface area contributed by atoms with Gasteiger partial charge in [0.15, 0.2) is 0 Å². The minimum atomic E-state index is 0.274. The molecule has 0 aliphatic carbocycles. The second-order valence-electron chi connectivity index (χ2n) is 4.11. The quantitative estimate of drug-likeness (QED) is 0.790. The molecular weight excluding hydrogens is 218 g/mol. The van der Waals surface area contributed by atoms with Crippen LogP contribution in [0.15, 0.2) is 29.2 Å². The van der Waals surface area contributed by atoms with Gasteiger partial charge < -0.3 is 10.4 Å². The Labute approximate surface area is 101 Å². The van der Waals surface area contributed by atoms with Crippen LogP contribution in [0.2, 0.25) is 0 Å². The summed E-state index contributed by atoms with van der Waals surface area (Å²) in [5.74, 6) is 1.22. The molecule has 1 aliphatic rings. The molecule has 0 bridgehead atoms. The molecule has 3 heteroatoms. The number of hydrogen-bond acceptors (Lipinski definition) is 3. The molecule has 1 heterocycles. The lowest BCUT2D eigenvalue weighted by Crippen LogP contribution is -2.23. The number of aliphatic hydroxyl groups excluding tert-OH is 1. The Morgan fingerprint density at radius 1 is 1.38 bits per heavy atom. The maximum absolute atomic E-state index is 8.80. The van der Waals surface area contributed by atoms with Crippen molar-refractivity contribution < 1.29 is 5.11 Å². The van der Waals surface area contributed by atoms with Crippen molar-refractivity contribution in [1.82, 2.24) is 5.32 Å². The van der Waals surface area contributed by atoms with E-state index in [0.29, 0.717) is 6.04 Å². The van der Waals surface area contributed by atoms with Gasteiger partial charge in [-0.2, -0.15) is 0 Å². The Morgan fingerprint density at radius 3 is 3.12 bits per heavy atom. The van der Waals surface area contributed by atoms with Crippen LogP contribution in [0, 0.1) is 0 Å². The standard InChI is InChI=1S/C13H19NOS/c15-9-4-8-14-12-6-3-10-16-13-7-2-1-5-11(12)13/h1-2,5,7,12,14-15H,3-4,6,8-10H2. The van der Waals surface area contributed by atoms with Crippen molar-refractivity contribution >= 4 is 11.8 Å². The van der Waals surface area contributed by atoms with Gasteiger partial charge in [-0.05, 0) is 43.2 Å². The molecule has 2 nitrogen and oxygen atoms in total. The van der Waals surface area contributed by atoms with E-state index >= 15 is 0 Å². The maximum Gasteiger partial charge on any atom is 0.0443 e. The molecule has 1 aliphatic heterocycles. The van der Waals surface area contributed by atoms with E-state index in [1.54, 1.807) is 0 Å². The first-order valence-corrected chi connectivity index (χ1v) is 6.96. The summed E-state index contributed by atoms with van der Waals surface area (Å²) in [6.45, 7) is 1.18. The third kappa shape index (κ3) is 3.00. The summed E-state index contributed by atoms with van der Waals surface area (Å²) in [5.41, 5.74) is 1.43. The van der Waals surface area contributed by atoms with E-state index in [1.165, 1.54) is 29.1 Å². The number of thioether (sulfide) groups is 1. The Bertz CT molecular complexity index is 329. The fraction of sp³-hybridized carbons (Fsp3) is 0.538. The van der Waals surface area contributed by atoms with E-state index in [2.05, 4.69) is 29.6 Å². The maximum atomic E-state index is 8.80. The van der Waals surface area contributed by atoms with Crippen LogP contribution < -0.4 is 5.32 Å². The molecule has 1 aromatic carbocycles. The van der Waals surface area contributed by atoms with Crippen molar-refractivity contribution in [2.24, 2.45) is 0 Å². The van der Waals surface area contributed by atoms with E-state index in [-0.39, 0.29) is 6.61 Å². The van der Waals surface area contributed by atoms with Gasteiger partial charge in [-0.1, -0.05) is 18.2 Å². The van der Waals surface area contributed by atoms with Gasteiger partial charge >= 0.3 is 0 Å². The summed E-state index contributed by atoms with van der Waals surface area (Å²) in [5, 5.41) is 12.3. The fourth-order valence-electron chi connectivity index (χ4n) is 2.09. The highest BCUT2D eigenvalue weighted by molar-refractivity contribution is 7.99. The first-order valence-electron chi connectivity index (χ1n) is 5.98. The molecule has 0 saturated carbocycles. The van der Waals surface area contributed by atoms with Crippen LogP contribution in [-0.4, -0.2) is 24.0 Å². The van der Waals surface area contributed by atoms with Gasteiger partial charge in [-0.25, -0.2) is 0 Å². The highest BCUT2D eigenvalue weighted by Crippen LogP contribution is 2.34. The lowest BCUT2D eigenvalue weighted by atomic mass is 10.0. The Kier molecular flexibility index (Phi) is 4.69. The molecule has 2 rings (SSSR count). The van der Waals surface area contributed by atoms with Crippen LogP contribution in [0.1, 0.15) is 30.9 Å². The number of fused-ring (bicyclic) bond motifs is 1. The molecule has 1 atom stereocenters. The van der Waals surface area contributed by atoms with Crippen molar-refractivity contribution in [2.75, 3.05) is 18.9 Å². The van der Waals surface area contributed by atoms with Crippen LogP contribution in [0.25, 0.3) is 0 Å².